The van der Waals surface area contributed by atoms with E-state index in [-0.39, 0.29) is 18.5 Å². The van der Waals surface area contributed by atoms with Crippen molar-refractivity contribution in [3.8, 4) is 11.1 Å². The number of halogens is 1. The third-order valence-electron chi connectivity index (χ3n) is 6.03. The van der Waals surface area contributed by atoms with Gasteiger partial charge in [0.2, 0.25) is 5.91 Å². The normalized spacial score (nSPS) is 22.2. The van der Waals surface area contributed by atoms with Crippen molar-refractivity contribution in [2.75, 3.05) is 18.4 Å². The monoisotopic (exact) mass is 396 g/mol. The summed E-state index contributed by atoms with van der Waals surface area (Å²) < 4.78 is 16.5. The van der Waals surface area contributed by atoms with Gasteiger partial charge < -0.3 is 15.2 Å². The van der Waals surface area contributed by atoms with E-state index in [0.29, 0.717) is 19.0 Å². The fourth-order valence-corrected chi connectivity index (χ4v) is 4.19. The van der Waals surface area contributed by atoms with Gasteiger partial charge in [0.1, 0.15) is 11.8 Å². The molecule has 152 valence electrons. The Bertz CT molecular complexity index is 1070. The van der Waals surface area contributed by atoms with Crippen LogP contribution in [0.5, 0.6) is 0 Å². The van der Waals surface area contributed by atoms with Crippen molar-refractivity contribution in [3.05, 3.63) is 30.4 Å². The van der Waals surface area contributed by atoms with Gasteiger partial charge in [-0.05, 0) is 31.7 Å². The third-order valence-corrected chi connectivity index (χ3v) is 6.03. The van der Waals surface area contributed by atoms with Gasteiger partial charge in [-0.3, -0.25) is 9.48 Å². The highest BCUT2D eigenvalue weighted by atomic mass is 19.1. The van der Waals surface area contributed by atoms with Crippen molar-refractivity contribution in [1.82, 2.24) is 24.6 Å². The standard InChI is InChI=1S/C21H25FN6O/c1-12-7-23-21-19(12)20(26-15-3-4-15)16(9-24-21)14-8-25-28(10-14)18-5-6-27(13(2)29)11-17(18)22/h7-10,15,17-18H,3-6,11H2,1-2H3,(H2,23,24,26)/t17-,18-/m0/s1. The maximum atomic E-state index is 14.8. The molecule has 0 bridgehead atoms. The average molecular weight is 396 g/mol. The predicted molar refractivity (Wildman–Crippen MR) is 110 cm³/mol. The fourth-order valence-electron chi connectivity index (χ4n) is 4.19. The second-order valence-corrected chi connectivity index (χ2v) is 8.21. The molecule has 1 amide bonds. The van der Waals surface area contributed by atoms with E-state index >= 15 is 0 Å². The number of carbonyl (C=O) groups is 1. The smallest absolute Gasteiger partial charge is 0.219 e. The number of hydrogen-bond donors (Lipinski definition) is 2. The molecule has 8 heteroatoms. The van der Waals surface area contributed by atoms with Crippen molar-refractivity contribution >= 4 is 22.6 Å². The van der Waals surface area contributed by atoms with Crippen LogP contribution in [0.15, 0.2) is 24.8 Å². The number of piperidine rings is 1. The number of likely N-dealkylation sites (tertiary alicyclic amines) is 1. The molecule has 2 atom stereocenters. The van der Waals surface area contributed by atoms with Crippen LogP contribution in [0.25, 0.3) is 22.2 Å². The molecule has 5 rings (SSSR count). The molecule has 7 nitrogen and oxygen atoms in total. The van der Waals surface area contributed by atoms with Crippen LogP contribution >= 0.6 is 0 Å². The van der Waals surface area contributed by atoms with Gasteiger partial charge in [-0.15, -0.1) is 0 Å². The SMILES string of the molecule is CC(=O)N1CC[C@H](n2cc(-c3cnc4[nH]cc(C)c4c3NC3CC3)cn2)[C@@H](F)C1. The Morgan fingerprint density at radius 2 is 2.14 bits per heavy atom. The molecular weight excluding hydrogens is 371 g/mol. The summed E-state index contributed by atoms with van der Waals surface area (Å²) in [6.07, 6.45) is 9.29. The maximum absolute atomic E-state index is 14.8. The third kappa shape index (κ3) is 3.26. The second-order valence-electron chi connectivity index (χ2n) is 8.21. The molecule has 29 heavy (non-hydrogen) atoms. The summed E-state index contributed by atoms with van der Waals surface area (Å²) in [5.41, 5.74) is 4.98. The summed E-state index contributed by atoms with van der Waals surface area (Å²) in [7, 11) is 0. The maximum Gasteiger partial charge on any atom is 0.219 e. The number of hydrogen-bond acceptors (Lipinski definition) is 4. The first-order chi connectivity index (χ1) is 14.0. The number of carbonyl (C=O) groups excluding carboxylic acids is 1. The summed E-state index contributed by atoms with van der Waals surface area (Å²) >= 11 is 0. The first-order valence-electron chi connectivity index (χ1n) is 10.2. The summed E-state index contributed by atoms with van der Waals surface area (Å²) in [5.74, 6) is -0.0794. The lowest BCUT2D eigenvalue weighted by atomic mass is 10.0. The number of aromatic amines is 1. The van der Waals surface area contributed by atoms with Gasteiger partial charge in [0, 0.05) is 54.6 Å². The molecule has 2 fully saturated rings. The van der Waals surface area contributed by atoms with Crippen LogP contribution in [0.1, 0.15) is 37.8 Å². The van der Waals surface area contributed by atoms with Gasteiger partial charge in [0.25, 0.3) is 0 Å². The Morgan fingerprint density at radius 1 is 1.31 bits per heavy atom. The van der Waals surface area contributed by atoms with Crippen LogP contribution in [0.3, 0.4) is 0 Å². The molecule has 0 unspecified atom stereocenters. The molecule has 2 aliphatic rings. The molecule has 1 saturated carbocycles. The van der Waals surface area contributed by atoms with Crippen molar-refractivity contribution < 1.29 is 9.18 Å². The lowest BCUT2D eigenvalue weighted by molar-refractivity contribution is -0.131. The second kappa shape index (κ2) is 6.86. The summed E-state index contributed by atoms with van der Waals surface area (Å²) in [6.45, 7) is 4.24. The van der Waals surface area contributed by atoms with Crippen LogP contribution in [-0.4, -0.2) is 55.9 Å². The molecule has 1 aliphatic heterocycles. The number of alkyl halides is 1. The largest absolute Gasteiger partial charge is 0.381 e. The summed E-state index contributed by atoms with van der Waals surface area (Å²) in [5, 5.41) is 9.22. The quantitative estimate of drug-likeness (QED) is 0.708. The highest BCUT2D eigenvalue weighted by Gasteiger charge is 2.32. The number of fused-ring (bicyclic) bond motifs is 1. The first kappa shape index (κ1) is 18.1. The van der Waals surface area contributed by atoms with Crippen molar-refractivity contribution in [2.45, 2.75) is 51.4 Å². The van der Waals surface area contributed by atoms with Crippen LogP contribution < -0.4 is 5.32 Å². The molecule has 4 heterocycles. The number of pyridine rings is 1. The molecule has 3 aromatic rings. The minimum atomic E-state index is -1.13. The van der Waals surface area contributed by atoms with E-state index in [9.17, 15) is 9.18 Å². The Kier molecular flexibility index (Phi) is 4.29. The Morgan fingerprint density at radius 3 is 2.86 bits per heavy atom. The number of aryl methyl sites for hydroxylation is 1. The first-order valence-corrected chi connectivity index (χ1v) is 10.2. The molecule has 1 aliphatic carbocycles. The van der Waals surface area contributed by atoms with E-state index in [1.165, 1.54) is 19.8 Å². The van der Waals surface area contributed by atoms with Gasteiger partial charge in [-0.1, -0.05) is 0 Å². The average Bonchev–Trinajstić information content (AvgIpc) is 3.24. The molecule has 2 N–H and O–H groups in total. The van der Waals surface area contributed by atoms with E-state index in [1.807, 2.05) is 18.6 Å². The van der Waals surface area contributed by atoms with Gasteiger partial charge in [-0.2, -0.15) is 5.10 Å². The Hall–Kier alpha value is -2.90. The summed E-state index contributed by atoms with van der Waals surface area (Å²) in [4.78, 5) is 20.9. The Labute approximate surface area is 168 Å². The van der Waals surface area contributed by atoms with E-state index < -0.39 is 6.17 Å². The van der Waals surface area contributed by atoms with Gasteiger partial charge in [0.05, 0.1) is 24.5 Å². The number of nitrogens with one attached hydrogen (secondary N) is 2. The predicted octanol–water partition coefficient (Wildman–Crippen LogP) is 3.44. The molecule has 3 aromatic heterocycles. The number of nitrogens with zero attached hydrogens (tertiary/aromatic N) is 4. The van der Waals surface area contributed by atoms with Crippen LogP contribution in [0.4, 0.5) is 10.1 Å². The number of rotatable bonds is 4. The Balaban J connectivity index is 1.48. The number of anilines is 1. The summed E-state index contributed by atoms with van der Waals surface area (Å²) in [6, 6.07) is 0.139. The van der Waals surface area contributed by atoms with Crippen molar-refractivity contribution in [1.29, 1.82) is 0 Å². The van der Waals surface area contributed by atoms with Crippen molar-refractivity contribution in [2.24, 2.45) is 0 Å². The minimum Gasteiger partial charge on any atom is -0.381 e. The lowest BCUT2D eigenvalue weighted by Gasteiger charge is -2.34. The van der Waals surface area contributed by atoms with Crippen LogP contribution in [0, 0.1) is 6.92 Å². The fraction of sp³-hybridized carbons (Fsp3) is 0.476. The van der Waals surface area contributed by atoms with Crippen molar-refractivity contribution in [3.63, 3.8) is 0 Å². The molecular formula is C21H25FN6O. The van der Waals surface area contributed by atoms with Crippen LogP contribution in [-0.2, 0) is 4.79 Å². The zero-order valence-corrected chi connectivity index (χ0v) is 16.7. The number of aromatic nitrogens is 4. The van der Waals surface area contributed by atoms with E-state index in [2.05, 4.69) is 27.3 Å². The molecule has 1 saturated heterocycles. The molecule has 0 aromatic carbocycles. The van der Waals surface area contributed by atoms with Crippen LogP contribution in [0.2, 0.25) is 0 Å². The number of H-pyrrole nitrogens is 1. The van der Waals surface area contributed by atoms with E-state index in [0.717, 1.165) is 33.4 Å². The highest BCUT2D eigenvalue weighted by molar-refractivity contribution is 6.00. The zero-order chi connectivity index (χ0) is 20.1. The van der Waals surface area contributed by atoms with Gasteiger partial charge in [0.15, 0.2) is 0 Å². The lowest BCUT2D eigenvalue weighted by Crippen LogP contribution is -2.44. The van der Waals surface area contributed by atoms with Gasteiger partial charge >= 0.3 is 0 Å². The van der Waals surface area contributed by atoms with E-state index in [1.54, 1.807) is 15.8 Å². The topological polar surface area (TPSA) is 78.8 Å². The van der Waals surface area contributed by atoms with Gasteiger partial charge in [-0.25, -0.2) is 9.37 Å². The highest BCUT2D eigenvalue weighted by Crippen LogP contribution is 2.38. The minimum absolute atomic E-state index is 0.0794. The molecule has 0 spiro atoms. The molecule has 0 radical (unpaired) electrons. The zero-order valence-electron chi connectivity index (χ0n) is 16.7. The van der Waals surface area contributed by atoms with E-state index in [4.69, 9.17) is 0 Å². The number of amides is 1.